The quantitative estimate of drug-likeness (QED) is 0.418. The fraction of sp³-hybridized carbons (Fsp3) is 0.444. The molecule has 1 aromatic carbocycles. The molecule has 0 radical (unpaired) electrons. The van der Waals surface area contributed by atoms with Gasteiger partial charge < -0.3 is 14.8 Å². The molecule has 1 aromatic rings. The van der Waals surface area contributed by atoms with Crippen LogP contribution in [0.3, 0.4) is 0 Å². The summed E-state index contributed by atoms with van der Waals surface area (Å²) in [5.74, 6) is -2.25. The molecule has 1 aliphatic heterocycles. The molecule has 0 bridgehead atoms. The summed E-state index contributed by atoms with van der Waals surface area (Å²) < 4.78 is 23.2. The fourth-order valence-electron chi connectivity index (χ4n) is 2.54. The van der Waals surface area contributed by atoms with E-state index in [4.69, 9.17) is 9.47 Å². The number of Topliss-reactive ketones (excluding diaryl/α,β-unsaturated/α-hetero) is 1. The van der Waals surface area contributed by atoms with Gasteiger partial charge in [0.2, 0.25) is 0 Å². The average molecular weight is 380 g/mol. The number of hydrogen-bond donors (Lipinski definition) is 1. The molecular weight excluding hydrogens is 359 g/mol. The van der Waals surface area contributed by atoms with Gasteiger partial charge in [0, 0.05) is 18.5 Å². The van der Waals surface area contributed by atoms with E-state index in [1.54, 1.807) is 13.8 Å². The third-order valence-electron chi connectivity index (χ3n) is 4.05. The Morgan fingerprint density at radius 1 is 1.26 bits per heavy atom. The Morgan fingerprint density at radius 2 is 1.96 bits per heavy atom. The molecule has 27 heavy (non-hydrogen) atoms. The first kappa shape index (κ1) is 20.3. The number of esters is 1. The van der Waals surface area contributed by atoms with Gasteiger partial charge in [-0.3, -0.25) is 19.3 Å². The third kappa shape index (κ3) is 4.81. The largest absolute Gasteiger partial charge is 0.494 e. The van der Waals surface area contributed by atoms with Gasteiger partial charge in [0.05, 0.1) is 7.11 Å². The van der Waals surface area contributed by atoms with Crippen LogP contribution >= 0.6 is 0 Å². The van der Waals surface area contributed by atoms with Crippen LogP contribution in [0.1, 0.15) is 37.0 Å². The molecule has 8 nitrogen and oxygen atoms in total. The van der Waals surface area contributed by atoms with Gasteiger partial charge in [-0.15, -0.1) is 0 Å². The zero-order valence-corrected chi connectivity index (χ0v) is 15.3. The highest BCUT2D eigenvalue weighted by atomic mass is 19.1. The minimum Gasteiger partial charge on any atom is -0.494 e. The maximum absolute atomic E-state index is 13.6. The molecular formula is C18H21FN2O6. The number of halogens is 1. The van der Waals surface area contributed by atoms with Crippen molar-refractivity contribution < 1.29 is 33.0 Å². The second kappa shape index (κ2) is 8.15. The van der Waals surface area contributed by atoms with Crippen molar-refractivity contribution in [2.24, 2.45) is 0 Å². The lowest BCUT2D eigenvalue weighted by Gasteiger charge is -2.15. The number of nitrogens with zero attached hydrogens (tertiary/aromatic N) is 1. The Bertz CT molecular complexity index is 777. The van der Waals surface area contributed by atoms with E-state index in [9.17, 15) is 23.6 Å². The molecule has 0 spiro atoms. The van der Waals surface area contributed by atoms with Gasteiger partial charge in [0.1, 0.15) is 5.54 Å². The van der Waals surface area contributed by atoms with E-state index in [1.807, 2.05) is 0 Å². The zero-order valence-electron chi connectivity index (χ0n) is 15.3. The van der Waals surface area contributed by atoms with Gasteiger partial charge in [-0.05, 0) is 38.5 Å². The maximum atomic E-state index is 13.6. The van der Waals surface area contributed by atoms with Crippen molar-refractivity contribution in [1.82, 2.24) is 10.2 Å². The van der Waals surface area contributed by atoms with E-state index in [-0.39, 0.29) is 36.6 Å². The predicted octanol–water partition coefficient (Wildman–Crippen LogP) is 1.67. The number of methoxy groups -OCH3 is 1. The zero-order chi connectivity index (χ0) is 20.2. The van der Waals surface area contributed by atoms with Crippen LogP contribution in [0.2, 0.25) is 0 Å². The van der Waals surface area contributed by atoms with Crippen LogP contribution in [-0.4, -0.2) is 54.4 Å². The van der Waals surface area contributed by atoms with Crippen molar-refractivity contribution in [3.8, 4) is 5.75 Å². The minimum atomic E-state index is -0.961. The van der Waals surface area contributed by atoms with Crippen molar-refractivity contribution >= 4 is 23.7 Å². The van der Waals surface area contributed by atoms with Crippen molar-refractivity contribution in [3.05, 3.63) is 29.6 Å². The topological polar surface area (TPSA) is 102 Å². The van der Waals surface area contributed by atoms with Crippen LogP contribution in [0.4, 0.5) is 9.18 Å². The number of nitrogens with one attached hydrogen (secondary N) is 1. The van der Waals surface area contributed by atoms with Gasteiger partial charge in [0.25, 0.3) is 5.91 Å². The Labute approximate surface area is 155 Å². The molecule has 9 heteroatoms. The summed E-state index contributed by atoms with van der Waals surface area (Å²) in [7, 11) is 1.31. The molecule has 2 rings (SSSR count). The predicted molar refractivity (Wildman–Crippen MR) is 91.8 cm³/mol. The van der Waals surface area contributed by atoms with Crippen LogP contribution in [0.15, 0.2) is 18.2 Å². The number of benzene rings is 1. The number of ketones is 1. The molecule has 146 valence electrons. The number of hydrogen-bond acceptors (Lipinski definition) is 6. The van der Waals surface area contributed by atoms with E-state index < -0.39 is 35.7 Å². The SMILES string of the molecule is COc1ccc(C(=O)COC(=O)CCCN2C(=O)NC(C)(C)C2=O)cc1F. The van der Waals surface area contributed by atoms with E-state index in [2.05, 4.69) is 5.32 Å². The molecule has 1 N–H and O–H groups in total. The minimum absolute atomic E-state index is 0.00668. The monoisotopic (exact) mass is 380 g/mol. The first-order chi connectivity index (χ1) is 12.7. The van der Waals surface area contributed by atoms with Crippen LogP contribution in [0.25, 0.3) is 0 Å². The number of carbonyl (C=O) groups excluding carboxylic acids is 4. The summed E-state index contributed by atoms with van der Waals surface area (Å²) in [6.07, 6.45) is 0.140. The number of ether oxygens (including phenoxy) is 2. The van der Waals surface area contributed by atoms with Crippen LogP contribution in [0.5, 0.6) is 5.75 Å². The highest BCUT2D eigenvalue weighted by Gasteiger charge is 2.43. The summed E-state index contributed by atoms with van der Waals surface area (Å²) in [4.78, 5) is 48.4. The molecule has 0 aromatic heterocycles. The number of imide groups is 1. The summed E-state index contributed by atoms with van der Waals surface area (Å²) in [6.45, 7) is 2.73. The highest BCUT2D eigenvalue weighted by Crippen LogP contribution is 2.18. The molecule has 0 saturated carbocycles. The first-order valence-electron chi connectivity index (χ1n) is 8.32. The summed E-state index contributed by atoms with van der Waals surface area (Å²) in [6, 6.07) is 3.19. The second-order valence-corrected chi connectivity index (χ2v) is 6.55. The van der Waals surface area contributed by atoms with Crippen LogP contribution < -0.4 is 10.1 Å². The molecule has 1 heterocycles. The maximum Gasteiger partial charge on any atom is 0.325 e. The fourth-order valence-corrected chi connectivity index (χ4v) is 2.54. The molecule has 0 atom stereocenters. The molecule has 3 amide bonds. The van der Waals surface area contributed by atoms with Crippen molar-refractivity contribution in [1.29, 1.82) is 0 Å². The van der Waals surface area contributed by atoms with E-state index in [0.717, 1.165) is 11.0 Å². The Balaban J connectivity index is 1.76. The lowest BCUT2D eigenvalue weighted by Crippen LogP contribution is -2.40. The van der Waals surface area contributed by atoms with Gasteiger partial charge in [0.15, 0.2) is 24.0 Å². The number of rotatable bonds is 8. The van der Waals surface area contributed by atoms with Crippen LogP contribution in [-0.2, 0) is 14.3 Å². The average Bonchev–Trinajstić information content (AvgIpc) is 2.81. The second-order valence-electron chi connectivity index (χ2n) is 6.55. The van der Waals surface area contributed by atoms with Gasteiger partial charge in [-0.25, -0.2) is 9.18 Å². The standard InChI is InChI=1S/C18H21FN2O6/c1-18(2)16(24)21(17(25)20-18)8-4-5-15(23)27-10-13(22)11-6-7-14(26-3)12(19)9-11/h6-7,9H,4-5,8,10H2,1-3H3,(H,20,25). The molecule has 0 unspecified atom stereocenters. The van der Waals surface area contributed by atoms with Gasteiger partial charge >= 0.3 is 12.0 Å². The summed E-state index contributed by atoms with van der Waals surface area (Å²) in [5, 5.41) is 2.54. The highest BCUT2D eigenvalue weighted by molar-refractivity contribution is 6.06. The molecule has 0 aliphatic carbocycles. The van der Waals surface area contributed by atoms with E-state index in [0.29, 0.717) is 0 Å². The number of carbonyl (C=O) groups is 4. The van der Waals surface area contributed by atoms with Crippen LogP contribution in [0, 0.1) is 5.82 Å². The molecule has 1 aliphatic rings. The van der Waals surface area contributed by atoms with Crippen molar-refractivity contribution in [2.45, 2.75) is 32.2 Å². The Hall–Kier alpha value is -2.97. The number of amides is 3. The Kier molecular flexibility index (Phi) is 6.14. The van der Waals surface area contributed by atoms with Crippen molar-refractivity contribution in [3.63, 3.8) is 0 Å². The van der Waals surface area contributed by atoms with Gasteiger partial charge in [-0.2, -0.15) is 0 Å². The molecule has 1 fully saturated rings. The third-order valence-corrected chi connectivity index (χ3v) is 4.05. The normalized spacial score (nSPS) is 15.5. The summed E-state index contributed by atoms with van der Waals surface area (Å²) >= 11 is 0. The smallest absolute Gasteiger partial charge is 0.325 e. The van der Waals surface area contributed by atoms with Gasteiger partial charge in [-0.1, -0.05) is 0 Å². The van der Waals surface area contributed by atoms with Crippen molar-refractivity contribution in [2.75, 3.05) is 20.3 Å². The molecule has 1 saturated heterocycles. The lowest BCUT2D eigenvalue weighted by molar-refractivity contribution is -0.143. The number of urea groups is 1. The van der Waals surface area contributed by atoms with E-state index >= 15 is 0 Å². The first-order valence-corrected chi connectivity index (χ1v) is 8.32. The Morgan fingerprint density at radius 3 is 2.52 bits per heavy atom. The summed E-state index contributed by atoms with van der Waals surface area (Å²) in [5.41, 5.74) is -0.903. The lowest BCUT2D eigenvalue weighted by atomic mass is 10.1. The van der Waals surface area contributed by atoms with E-state index in [1.165, 1.54) is 19.2 Å².